The molecule has 0 aliphatic rings. The monoisotopic (exact) mass is 252 g/mol. The fourth-order valence-corrected chi connectivity index (χ4v) is 1.31. The van der Waals surface area contributed by atoms with Crippen molar-refractivity contribution in [3.8, 4) is 5.75 Å². The Kier molecular flexibility index (Phi) is 4.98. The maximum atomic E-state index is 11.7. The van der Waals surface area contributed by atoms with Crippen LogP contribution in [0.25, 0.3) is 0 Å². The number of rotatable bonds is 3. The molecule has 0 unspecified atom stereocenters. The molecule has 1 rings (SSSR count). The summed E-state index contributed by atoms with van der Waals surface area (Å²) in [5.41, 5.74) is 5.67. The molecule has 0 radical (unpaired) electrons. The first kappa shape index (κ1) is 13.8. The number of benzene rings is 1. The lowest BCUT2D eigenvalue weighted by Gasteiger charge is -2.09. The summed E-state index contributed by atoms with van der Waals surface area (Å²) in [6.45, 7) is 3.78. The van der Waals surface area contributed by atoms with Gasteiger partial charge in [0, 0.05) is 5.56 Å². The number of ether oxygens (including phenoxy) is 2. The minimum atomic E-state index is -0.704. The van der Waals surface area contributed by atoms with E-state index in [-0.39, 0.29) is 6.61 Å². The van der Waals surface area contributed by atoms with Crippen molar-refractivity contribution in [3.05, 3.63) is 29.3 Å². The normalized spacial score (nSPS) is 9.50. The van der Waals surface area contributed by atoms with Gasteiger partial charge in [0.05, 0.1) is 13.7 Å². The summed E-state index contributed by atoms with van der Waals surface area (Å²) in [4.78, 5) is 22.7. The van der Waals surface area contributed by atoms with E-state index in [9.17, 15) is 9.59 Å². The maximum absolute atomic E-state index is 11.7. The van der Waals surface area contributed by atoms with E-state index in [0.717, 1.165) is 5.56 Å². The summed E-state index contributed by atoms with van der Waals surface area (Å²) < 4.78 is 9.71. The number of hydrazine groups is 1. The molecule has 6 nitrogen and oxygen atoms in total. The molecule has 0 heterocycles. The number of aryl methyl sites for hydroxylation is 1. The largest absolute Gasteiger partial charge is 0.496 e. The molecule has 0 saturated heterocycles. The van der Waals surface area contributed by atoms with E-state index in [1.807, 2.05) is 6.92 Å². The topological polar surface area (TPSA) is 76.7 Å². The molecule has 2 amide bonds. The molecule has 0 aliphatic carbocycles. The SMILES string of the molecule is CCOC(=O)NNC(=O)c1ccc(C)c(OC)c1. The van der Waals surface area contributed by atoms with Gasteiger partial charge in [-0.25, -0.2) is 10.2 Å². The lowest BCUT2D eigenvalue weighted by atomic mass is 10.1. The van der Waals surface area contributed by atoms with Gasteiger partial charge in [0.25, 0.3) is 5.91 Å². The molecule has 0 aromatic heterocycles. The molecule has 98 valence electrons. The standard InChI is InChI=1S/C12H16N2O4/c1-4-18-12(16)14-13-11(15)9-6-5-8(2)10(7-9)17-3/h5-7H,4H2,1-3H3,(H,13,15)(H,14,16). The van der Waals surface area contributed by atoms with Gasteiger partial charge in [-0.1, -0.05) is 6.07 Å². The van der Waals surface area contributed by atoms with E-state index < -0.39 is 12.0 Å². The molecule has 0 spiro atoms. The van der Waals surface area contributed by atoms with Gasteiger partial charge in [-0.2, -0.15) is 0 Å². The second-order valence-electron chi connectivity index (χ2n) is 3.48. The minimum Gasteiger partial charge on any atom is -0.496 e. The highest BCUT2D eigenvalue weighted by molar-refractivity contribution is 5.95. The van der Waals surface area contributed by atoms with Gasteiger partial charge in [0.1, 0.15) is 5.75 Å². The Morgan fingerprint density at radius 1 is 1.28 bits per heavy atom. The van der Waals surface area contributed by atoms with Crippen LogP contribution in [0.2, 0.25) is 0 Å². The number of hydrogen-bond acceptors (Lipinski definition) is 4. The summed E-state index contributed by atoms with van der Waals surface area (Å²) in [7, 11) is 1.53. The van der Waals surface area contributed by atoms with E-state index in [2.05, 4.69) is 15.6 Å². The summed E-state index contributed by atoms with van der Waals surface area (Å²) >= 11 is 0. The molecule has 0 aliphatic heterocycles. The van der Waals surface area contributed by atoms with Gasteiger partial charge < -0.3 is 9.47 Å². The molecule has 0 bridgehead atoms. The summed E-state index contributed by atoms with van der Waals surface area (Å²) in [5, 5.41) is 0. The Morgan fingerprint density at radius 2 is 2.00 bits per heavy atom. The number of carbonyl (C=O) groups excluding carboxylic acids is 2. The number of methoxy groups -OCH3 is 1. The van der Waals surface area contributed by atoms with Crippen LogP contribution in [0.5, 0.6) is 5.75 Å². The molecule has 0 saturated carbocycles. The Morgan fingerprint density at radius 3 is 2.61 bits per heavy atom. The molecule has 0 atom stereocenters. The molecular formula is C12H16N2O4. The summed E-state index contributed by atoms with van der Waals surface area (Å²) in [6, 6.07) is 5.00. The van der Waals surface area contributed by atoms with Gasteiger partial charge in [0.2, 0.25) is 0 Å². The molecule has 2 N–H and O–H groups in total. The summed E-state index contributed by atoms with van der Waals surface area (Å²) in [5.74, 6) is 0.167. The average molecular weight is 252 g/mol. The predicted molar refractivity (Wildman–Crippen MR) is 65.4 cm³/mol. The van der Waals surface area contributed by atoms with Crippen molar-refractivity contribution in [1.29, 1.82) is 0 Å². The first-order valence-corrected chi connectivity index (χ1v) is 5.46. The zero-order valence-electron chi connectivity index (χ0n) is 10.6. The third kappa shape index (κ3) is 3.65. The van der Waals surface area contributed by atoms with E-state index in [1.165, 1.54) is 7.11 Å². The van der Waals surface area contributed by atoms with Crippen molar-refractivity contribution in [2.45, 2.75) is 13.8 Å². The van der Waals surface area contributed by atoms with Crippen LogP contribution >= 0.6 is 0 Å². The first-order chi connectivity index (χ1) is 8.58. The molecule has 0 fully saturated rings. The highest BCUT2D eigenvalue weighted by atomic mass is 16.6. The van der Waals surface area contributed by atoms with E-state index in [0.29, 0.717) is 11.3 Å². The zero-order chi connectivity index (χ0) is 13.5. The van der Waals surface area contributed by atoms with Gasteiger partial charge >= 0.3 is 6.09 Å². The quantitative estimate of drug-likeness (QED) is 0.797. The van der Waals surface area contributed by atoms with E-state index in [4.69, 9.17) is 4.74 Å². The molecule has 18 heavy (non-hydrogen) atoms. The average Bonchev–Trinajstić information content (AvgIpc) is 2.37. The Hall–Kier alpha value is -2.24. The number of nitrogens with one attached hydrogen (secondary N) is 2. The van der Waals surface area contributed by atoms with Gasteiger partial charge in [-0.15, -0.1) is 0 Å². The van der Waals surface area contributed by atoms with Gasteiger partial charge in [-0.3, -0.25) is 10.2 Å². The van der Waals surface area contributed by atoms with Crippen LogP contribution in [0.4, 0.5) is 4.79 Å². The van der Waals surface area contributed by atoms with Crippen LogP contribution in [0.1, 0.15) is 22.8 Å². The van der Waals surface area contributed by atoms with E-state index in [1.54, 1.807) is 25.1 Å². The summed E-state index contributed by atoms with van der Waals surface area (Å²) in [6.07, 6.45) is -0.704. The van der Waals surface area contributed by atoms with Crippen molar-refractivity contribution in [2.24, 2.45) is 0 Å². The molecule has 6 heteroatoms. The van der Waals surface area contributed by atoms with Crippen molar-refractivity contribution in [2.75, 3.05) is 13.7 Å². The highest BCUT2D eigenvalue weighted by Crippen LogP contribution is 2.18. The molecular weight excluding hydrogens is 236 g/mol. The first-order valence-electron chi connectivity index (χ1n) is 5.46. The second kappa shape index (κ2) is 6.48. The van der Waals surface area contributed by atoms with Crippen molar-refractivity contribution in [1.82, 2.24) is 10.9 Å². The smallest absolute Gasteiger partial charge is 0.426 e. The molecule has 1 aromatic rings. The van der Waals surface area contributed by atoms with Gasteiger partial charge in [0.15, 0.2) is 0 Å². The minimum absolute atomic E-state index is 0.236. The fraction of sp³-hybridized carbons (Fsp3) is 0.333. The fourth-order valence-electron chi connectivity index (χ4n) is 1.31. The van der Waals surface area contributed by atoms with Crippen molar-refractivity contribution in [3.63, 3.8) is 0 Å². The lowest BCUT2D eigenvalue weighted by Crippen LogP contribution is -2.41. The van der Waals surface area contributed by atoms with Crippen LogP contribution in [0.3, 0.4) is 0 Å². The third-order valence-electron chi connectivity index (χ3n) is 2.22. The lowest BCUT2D eigenvalue weighted by molar-refractivity contribution is 0.0912. The predicted octanol–water partition coefficient (Wildman–Crippen LogP) is 1.39. The van der Waals surface area contributed by atoms with Crippen LogP contribution in [-0.2, 0) is 4.74 Å². The highest BCUT2D eigenvalue weighted by Gasteiger charge is 2.09. The van der Waals surface area contributed by atoms with Crippen LogP contribution in [0, 0.1) is 6.92 Å². The Balaban J connectivity index is 2.64. The Bertz CT molecular complexity index is 446. The number of hydrogen-bond donors (Lipinski definition) is 2. The number of amides is 2. The zero-order valence-corrected chi connectivity index (χ0v) is 10.6. The van der Waals surface area contributed by atoms with Gasteiger partial charge in [-0.05, 0) is 31.5 Å². The van der Waals surface area contributed by atoms with Crippen molar-refractivity contribution >= 4 is 12.0 Å². The van der Waals surface area contributed by atoms with E-state index >= 15 is 0 Å². The maximum Gasteiger partial charge on any atom is 0.426 e. The third-order valence-corrected chi connectivity index (χ3v) is 2.22. The Labute approximate surface area is 105 Å². The van der Waals surface area contributed by atoms with Crippen LogP contribution < -0.4 is 15.6 Å². The van der Waals surface area contributed by atoms with Crippen LogP contribution in [-0.4, -0.2) is 25.7 Å². The van der Waals surface area contributed by atoms with Crippen molar-refractivity contribution < 1.29 is 19.1 Å². The number of carbonyl (C=O) groups is 2. The second-order valence-corrected chi connectivity index (χ2v) is 3.48. The molecule has 1 aromatic carbocycles. The van der Waals surface area contributed by atoms with Crippen LogP contribution in [0.15, 0.2) is 18.2 Å².